The zero-order valence-corrected chi connectivity index (χ0v) is 11.6. The zero-order chi connectivity index (χ0) is 11.4. The number of piperazine rings is 1. The highest BCUT2D eigenvalue weighted by atomic mass is 127. The van der Waals surface area contributed by atoms with Crippen LogP contribution in [0.4, 0.5) is 4.79 Å². The first-order chi connectivity index (χ1) is 7.81. The lowest BCUT2D eigenvalue weighted by atomic mass is 10.3. The molecule has 16 heavy (non-hydrogen) atoms. The molecule has 0 saturated carbocycles. The molecule has 0 aromatic heterocycles. The van der Waals surface area contributed by atoms with E-state index in [0.717, 1.165) is 43.8 Å². The number of carbonyl (C=O) groups is 1. The SMILES string of the molecule is O=C(N1CCOCC1)N1CCN(CI)CC1. The summed E-state index contributed by atoms with van der Waals surface area (Å²) in [5, 5.41) is 0. The van der Waals surface area contributed by atoms with Crippen LogP contribution in [-0.4, -0.2) is 77.8 Å². The van der Waals surface area contributed by atoms with Gasteiger partial charge in [0.15, 0.2) is 0 Å². The van der Waals surface area contributed by atoms with Crippen molar-refractivity contribution < 1.29 is 9.53 Å². The predicted molar refractivity (Wildman–Crippen MR) is 69.8 cm³/mol. The number of nitrogens with zero attached hydrogens (tertiary/aromatic N) is 3. The number of hydrogen-bond donors (Lipinski definition) is 0. The third-order valence-corrected chi connectivity index (χ3v) is 4.06. The summed E-state index contributed by atoms with van der Waals surface area (Å²) in [4.78, 5) is 18.4. The fourth-order valence-electron chi connectivity index (χ4n) is 2.01. The van der Waals surface area contributed by atoms with Crippen LogP contribution in [0.15, 0.2) is 0 Å². The van der Waals surface area contributed by atoms with Crippen LogP contribution in [-0.2, 0) is 4.74 Å². The van der Waals surface area contributed by atoms with E-state index in [-0.39, 0.29) is 6.03 Å². The summed E-state index contributed by atoms with van der Waals surface area (Å²) in [5.74, 6) is 0. The van der Waals surface area contributed by atoms with Crippen molar-refractivity contribution in [3.05, 3.63) is 0 Å². The van der Waals surface area contributed by atoms with E-state index in [9.17, 15) is 4.79 Å². The van der Waals surface area contributed by atoms with Gasteiger partial charge >= 0.3 is 6.03 Å². The zero-order valence-electron chi connectivity index (χ0n) is 9.40. The summed E-state index contributed by atoms with van der Waals surface area (Å²) in [6, 6.07) is 0.191. The number of carbonyl (C=O) groups excluding carboxylic acids is 1. The van der Waals surface area contributed by atoms with E-state index >= 15 is 0 Å². The standard InChI is InChI=1S/C10H18IN3O2/c11-9-12-1-3-13(4-2-12)10(15)14-5-7-16-8-6-14/h1-9H2. The molecule has 2 heterocycles. The Hall–Kier alpha value is -0.0800. The van der Waals surface area contributed by atoms with Gasteiger partial charge in [-0.1, -0.05) is 22.6 Å². The van der Waals surface area contributed by atoms with Crippen molar-refractivity contribution >= 4 is 28.6 Å². The van der Waals surface area contributed by atoms with Crippen LogP contribution in [0.25, 0.3) is 0 Å². The Kier molecular flexibility index (Phi) is 4.66. The third-order valence-electron chi connectivity index (χ3n) is 3.09. The molecule has 0 radical (unpaired) electrons. The van der Waals surface area contributed by atoms with Crippen LogP contribution in [0.5, 0.6) is 0 Å². The maximum atomic E-state index is 12.1. The number of ether oxygens (including phenoxy) is 1. The fraction of sp³-hybridized carbons (Fsp3) is 0.900. The number of halogens is 1. The minimum absolute atomic E-state index is 0.191. The van der Waals surface area contributed by atoms with Gasteiger partial charge < -0.3 is 14.5 Å². The average Bonchev–Trinajstić information content (AvgIpc) is 2.39. The van der Waals surface area contributed by atoms with Crippen LogP contribution in [0, 0.1) is 0 Å². The van der Waals surface area contributed by atoms with Crippen LogP contribution in [0.1, 0.15) is 0 Å². The highest BCUT2D eigenvalue weighted by Gasteiger charge is 2.25. The second-order valence-electron chi connectivity index (χ2n) is 4.11. The molecule has 0 spiro atoms. The lowest BCUT2D eigenvalue weighted by molar-refractivity contribution is 0.0388. The Balaban J connectivity index is 1.81. The number of morpholine rings is 1. The predicted octanol–water partition coefficient (Wildman–Crippen LogP) is 0.449. The van der Waals surface area contributed by atoms with Gasteiger partial charge in [-0.3, -0.25) is 4.90 Å². The van der Waals surface area contributed by atoms with Gasteiger partial charge in [0, 0.05) is 39.3 Å². The van der Waals surface area contributed by atoms with E-state index in [1.54, 1.807) is 0 Å². The number of alkyl halides is 1. The number of amides is 2. The molecule has 5 nitrogen and oxygen atoms in total. The highest BCUT2D eigenvalue weighted by molar-refractivity contribution is 14.1. The van der Waals surface area contributed by atoms with Gasteiger partial charge in [-0.25, -0.2) is 4.79 Å². The van der Waals surface area contributed by atoms with Crippen molar-refractivity contribution in [1.82, 2.24) is 14.7 Å². The monoisotopic (exact) mass is 339 g/mol. The van der Waals surface area contributed by atoms with Crippen molar-refractivity contribution in [3.63, 3.8) is 0 Å². The minimum Gasteiger partial charge on any atom is -0.378 e. The quantitative estimate of drug-likeness (QED) is 0.395. The van der Waals surface area contributed by atoms with Crippen molar-refractivity contribution in [3.8, 4) is 0 Å². The molecule has 2 aliphatic heterocycles. The maximum Gasteiger partial charge on any atom is 0.320 e. The summed E-state index contributed by atoms with van der Waals surface area (Å²) in [6.07, 6.45) is 0. The Morgan fingerprint density at radius 3 is 2.12 bits per heavy atom. The second-order valence-corrected chi connectivity index (χ2v) is 4.79. The van der Waals surface area contributed by atoms with Gasteiger partial charge in [0.2, 0.25) is 0 Å². The van der Waals surface area contributed by atoms with Crippen LogP contribution >= 0.6 is 22.6 Å². The Bertz CT molecular complexity index is 238. The molecule has 2 rings (SSSR count). The van der Waals surface area contributed by atoms with Gasteiger partial charge in [-0.2, -0.15) is 0 Å². The van der Waals surface area contributed by atoms with Gasteiger partial charge in [-0.15, -0.1) is 0 Å². The molecule has 2 fully saturated rings. The molecule has 2 aliphatic rings. The average molecular weight is 339 g/mol. The lowest BCUT2D eigenvalue weighted by Gasteiger charge is -2.37. The van der Waals surface area contributed by atoms with Crippen LogP contribution < -0.4 is 0 Å². The molecule has 0 unspecified atom stereocenters. The Morgan fingerprint density at radius 1 is 1.00 bits per heavy atom. The van der Waals surface area contributed by atoms with Gasteiger partial charge in [-0.05, 0) is 0 Å². The molecular formula is C10H18IN3O2. The number of hydrogen-bond acceptors (Lipinski definition) is 3. The highest BCUT2D eigenvalue weighted by Crippen LogP contribution is 2.08. The first-order valence-corrected chi connectivity index (χ1v) is 7.24. The minimum atomic E-state index is 0.191. The van der Waals surface area contributed by atoms with Crippen molar-refractivity contribution in [2.75, 3.05) is 57.0 Å². The summed E-state index contributed by atoms with van der Waals surface area (Å²) in [5.41, 5.74) is 0. The maximum absolute atomic E-state index is 12.1. The molecule has 6 heteroatoms. The molecular weight excluding hydrogens is 321 g/mol. The van der Waals surface area contributed by atoms with E-state index < -0.39 is 0 Å². The van der Waals surface area contributed by atoms with Crippen LogP contribution in [0.2, 0.25) is 0 Å². The summed E-state index contributed by atoms with van der Waals surface area (Å²) >= 11 is 2.37. The van der Waals surface area contributed by atoms with E-state index in [2.05, 4.69) is 27.5 Å². The number of urea groups is 1. The van der Waals surface area contributed by atoms with E-state index in [1.165, 1.54) is 0 Å². The van der Waals surface area contributed by atoms with E-state index in [4.69, 9.17) is 4.74 Å². The van der Waals surface area contributed by atoms with Crippen molar-refractivity contribution in [1.29, 1.82) is 0 Å². The smallest absolute Gasteiger partial charge is 0.320 e. The van der Waals surface area contributed by atoms with Gasteiger partial charge in [0.25, 0.3) is 0 Å². The summed E-state index contributed by atoms with van der Waals surface area (Å²) < 4.78 is 6.30. The summed E-state index contributed by atoms with van der Waals surface area (Å²) in [7, 11) is 0. The first kappa shape index (κ1) is 12.4. The fourth-order valence-corrected chi connectivity index (χ4v) is 2.70. The number of rotatable bonds is 1. The molecule has 0 aliphatic carbocycles. The molecule has 92 valence electrons. The van der Waals surface area contributed by atoms with Gasteiger partial charge in [0.05, 0.1) is 17.8 Å². The molecule has 0 aromatic carbocycles. The largest absolute Gasteiger partial charge is 0.378 e. The molecule has 2 amide bonds. The molecule has 0 atom stereocenters. The second kappa shape index (κ2) is 6.02. The van der Waals surface area contributed by atoms with Crippen molar-refractivity contribution in [2.24, 2.45) is 0 Å². The molecule has 0 N–H and O–H groups in total. The normalized spacial score (nSPS) is 23.6. The van der Waals surface area contributed by atoms with E-state index in [1.807, 2.05) is 9.80 Å². The Labute approximate surface area is 110 Å². The van der Waals surface area contributed by atoms with E-state index in [0.29, 0.717) is 13.2 Å². The first-order valence-electron chi connectivity index (χ1n) is 5.71. The Morgan fingerprint density at radius 2 is 1.56 bits per heavy atom. The van der Waals surface area contributed by atoms with Crippen molar-refractivity contribution in [2.45, 2.75) is 0 Å². The molecule has 2 saturated heterocycles. The van der Waals surface area contributed by atoms with Gasteiger partial charge in [0.1, 0.15) is 0 Å². The molecule has 0 bridgehead atoms. The topological polar surface area (TPSA) is 36.0 Å². The van der Waals surface area contributed by atoms with Crippen LogP contribution in [0.3, 0.4) is 0 Å². The summed E-state index contributed by atoms with van der Waals surface area (Å²) in [6.45, 7) is 6.56. The third kappa shape index (κ3) is 2.98. The molecule has 0 aromatic rings. The lowest BCUT2D eigenvalue weighted by Crippen LogP contribution is -2.54.